The molecular formula is C10H25N4P. The molecule has 0 rings (SSSR count). The van der Waals surface area contributed by atoms with E-state index in [0.29, 0.717) is 0 Å². The molecule has 0 unspecified atom stereocenters. The monoisotopic (exact) mass is 232 g/mol. The van der Waals surface area contributed by atoms with E-state index in [1.807, 2.05) is 6.34 Å². The molecule has 0 heterocycles. The first-order valence-electron chi connectivity index (χ1n) is 5.08. The van der Waals surface area contributed by atoms with Crippen LogP contribution in [-0.2, 0) is 0 Å². The summed E-state index contributed by atoms with van der Waals surface area (Å²) in [6.45, 7) is 6.31. The quantitative estimate of drug-likeness (QED) is 0.421. The molecule has 4 nitrogen and oxygen atoms in total. The molecule has 0 bridgehead atoms. The zero-order chi connectivity index (χ0) is 12.2. The van der Waals surface area contributed by atoms with E-state index >= 15 is 0 Å². The van der Waals surface area contributed by atoms with Crippen molar-refractivity contribution in [3.8, 4) is 0 Å². The molecule has 0 aromatic heterocycles. The molecule has 0 aliphatic heterocycles. The summed E-state index contributed by atoms with van der Waals surface area (Å²) in [5, 5.41) is 0. The summed E-state index contributed by atoms with van der Waals surface area (Å²) < 4.78 is 6.59. The van der Waals surface area contributed by atoms with Crippen LogP contribution in [0, 0.1) is 0 Å². The Labute approximate surface area is 95.9 Å². The summed E-state index contributed by atoms with van der Waals surface area (Å²) in [5.74, 6) is 0. The SMILES string of the molecule is CN(C)P(N(C)C)N(C)C=NC(C)(C)C. The second-order valence-electron chi connectivity index (χ2n) is 4.95. The highest BCUT2D eigenvalue weighted by Gasteiger charge is 2.18. The Bertz CT molecular complexity index is 200. The summed E-state index contributed by atoms with van der Waals surface area (Å²) in [6, 6.07) is 0. The van der Waals surface area contributed by atoms with Crippen LogP contribution < -0.4 is 0 Å². The molecule has 0 aromatic carbocycles. The Hall–Kier alpha value is -0.180. The van der Waals surface area contributed by atoms with Crippen LogP contribution in [0.5, 0.6) is 0 Å². The van der Waals surface area contributed by atoms with E-state index in [1.54, 1.807) is 0 Å². The van der Waals surface area contributed by atoms with E-state index in [2.05, 4.69) is 75.0 Å². The van der Waals surface area contributed by atoms with Crippen LogP contribution in [0.3, 0.4) is 0 Å². The number of aliphatic imine (C=N–C) groups is 1. The average Bonchev–Trinajstić information content (AvgIpc) is 1.97. The fourth-order valence-corrected chi connectivity index (χ4v) is 3.21. The van der Waals surface area contributed by atoms with Gasteiger partial charge in [-0.2, -0.15) is 0 Å². The first kappa shape index (κ1) is 14.8. The average molecular weight is 232 g/mol. The fraction of sp³-hybridized carbons (Fsp3) is 0.900. The van der Waals surface area contributed by atoms with E-state index in [0.717, 1.165) is 0 Å². The third-order valence-electron chi connectivity index (χ3n) is 1.61. The molecule has 0 spiro atoms. The van der Waals surface area contributed by atoms with Crippen LogP contribution >= 0.6 is 8.37 Å². The molecule has 15 heavy (non-hydrogen) atoms. The lowest BCUT2D eigenvalue weighted by Crippen LogP contribution is -2.28. The number of hydrogen-bond acceptors (Lipinski definition) is 3. The van der Waals surface area contributed by atoms with Gasteiger partial charge in [0.1, 0.15) is 8.37 Å². The Balaban J connectivity index is 4.53. The molecule has 0 saturated heterocycles. The van der Waals surface area contributed by atoms with Crippen molar-refractivity contribution in [2.45, 2.75) is 26.3 Å². The van der Waals surface area contributed by atoms with Gasteiger partial charge in [-0.1, -0.05) is 0 Å². The van der Waals surface area contributed by atoms with Crippen molar-refractivity contribution in [2.24, 2.45) is 4.99 Å². The fourth-order valence-electron chi connectivity index (χ4n) is 1.23. The van der Waals surface area contributed by atoms with Crippen molar-refractivity contribution >= 4 is 14.7 Å². The summed E-state index contributed by atoms with van der Waals surface area (Å²) in [4.78, 5) is 4.51. The second-order valence-corrected chi connectivity index (χ2v) is 7.72. The van der Waals surface area contributed by atoms with Gasteiger partial charge in [0.2, 0.25) is 0 Å². The molecule has 0 saturated carbocycles. The highest BCUT2D eigenvalue weighted by atomic mass is 31.2. The molecule has 0 aromatic rings. The van der Waals surface area contributed by atoms with Gasteiger partial charge < -0.3 is 4.67 Å². The van der Waals surface area contributed by atoms with Gasteiger partial charge in [0.25, 0.3) is 0 Å². The van der Waals surface area contributed by atoms with Crippen molar-refractivity contribution in [1.82, 2.24) is 14.0 Å². The molecular weight excluding hydrogens is 207 g/mol. The Morgan fingerprint density at radius 1 is 0.933 bits per heavy atom. The Morgan fingerprint density at radius 3 is 1.60 bits per heavy atom. The Morgan fingerprint density at radius 2 is 1.33 bits per heavy atom. The summed E-state index contributed by atoms with van der Waals surface area (Å²) in [5.41, 5.74) is -0.00606. The zero-order valence-electron chi connectivity index (χ0n) is 11.3. The van der Waals surface area contributed by atoms with Gasteiger partial charge >= 0.3 is 0 Å². The molecule has 0 amide bonds. The number of nitrogens with zero attached hydrogens (tertiary/aromatic N) is 4. The number of hydrogen-bond donors (Lipinski definition) is 0. The third-order valence-corrected chi connectivity index (χ3v) is 3.71. The topological polar surface area (TPSA) is 22.1 Å². The van der Waals surface area contributed by atoms with Crippen LogP contribution in [0.4, 0.5) is 0 Å². The van der Waals surface area contributed by atoms with Crippen LogP contribution in [0.25, 0.3) is 0 Å². The van der Waals surface area contributed by atoms with Gasteiger partial charge in [0.05, 0.1) is 11.9 Å². The molecule has 90 valence electrons. The minimum absolute atomic E-state index is 0.00606. The lowest BCUT2D eigenvalue weighted by molar-refractivity contribution is 0.519. The van der Waals surface area contributed by atoms with E-state index in [-0.39, 0.29) is 5.54 Å². The molecule has 0 atom stereocenters. The molecule has 0 radical (unpaired) electrons. The first-order valence-corrected chi connectivity index (χ1v) is 6.28. The maximum absolute atomic E-state index is 4.51. The van der Waals surface area contributed by atoms with Crippen LogP contribution in [0.1, 0.15) is 20.8 Å². The summed E-state index contributed by atoms with van der Waals surface area (Å²) in [6.07, 6.45) is 1.94. The normalized spacial score (nSPS) is 13.5. The Kier molecular flexibility index (Phi) is 5.71. The predicted molar refractivity (Wildman–Crippen MR) is 70.3 cm³/mol. The highest BCUT2D eigenvalue weighted by Crippen LogP contribution is 2.41. The third kappa shape index (κ3) is 6.08. The van der Waals surface area contributed by atoms with Crippen LogP contribution in [-0.4, -0.2) is 61.1 Å². The van der Waals surface area contributed by atoms with Crippen molar-refractivity contribution in [2.75, 3.05) is 35.2 Å². The van der Waals surface area contributed by atoms with Gasteiger partial charge in [0, 0.05) is 7.05 Å². The molecule has 0 aliphatic rings. The first-order chi connectivity index (χ1) is 6.65. The minimum Gasteiger partial charge on any atom is -0.320 e. The second kappa shape index (κ2) is 5.78. The van der Waals surface area contributed by atoms with Crippen molar-refractivity contribution < 1.29 is 0 Å². The molecule has 0 fully saturated rings. The maximum Gasteiger partial charge on any atom is 0.148 e. The smallest absolute Gasteiger partial charge is 0.148 e. The lowest BCUT2D eigenvalue weighted by Gasteiger charge is -2.35. The van der Waals surface area contributed by atoms with Gasteiger partial charge in [-0.05, 0) is 49.0 Å². The standard InChI is InChI=1S/C10H25N4P/c1-10(2,3)11-9-14(8)15(12(4)5)13(6)7/h9H,1-8H3. The van der Waals surface area contributed by atoms with Crippen molar-refractivity contribution in [3.05, 3.63) is 0 Å². The van der Waals surface area contributed by atoms with Crippen molar-refractivity contribution in [1.29, 1.82) is 0 Å². The molecule has 0 aliphatic carbocycles. The molecule has 0 N–H and O–H groups in total. The predicted octanol–water partition coefficient (Wildman–Crippen LogP) is 2.10. The van der Waals surface area contributed by atoms with Crippen molar-refractivity contribution in [3.63, 3.8) is 0 Å². The van der Waals surface area contributed by atoms with E-state index in [9.17, 15) is 0 Å². The number of rotatable bonds is 4. The van der Waals surface area contributed by atoms with Gasteiger partial charge in [-0.15, -0.1) is 0 Å². The van der Waals surface area contributed by atoms with Gasteiger partial charge in [-0.25, -0.2) is 0 Å². The van der Waals surface area contributed by atoms with Crippen LogP contribution in [0.2, 0.25) is 0 Å². The summed E-state index contributed by atoms with van der Waals surface area (Å²) >= 11 is 0. The zero-order valence-corrected chi connectivity index (χ0v) is 12.2. The highest BCUT2D eigenvalue weighted by molar-refractivity contribution is 7.50. The van der Waals surface area contributed by atoms with E-state index in [1.165, 1.54) is 0 Å². The van der Waals surface area contributed by atoms with Gasteiger partial charge in [-0.3, -0.25) is 14.3 Å². The minimum atomic E-state index is -0.442. The lowest BCUT2D eigenvalue weighted by atomic mass is 10.1. The van der Waals surface area contributed by atoms with E-state index in [4.69, 9.17) is 0 Å². The largest absolute Gasteiger partial charge is 0.320 e. The van der Waals surface area contributed by atoms with E-state index < -0.39 is 8.37 Å². The maximum atomic E-state index is 4.51. The molecule has 5 heteroatoms. The van der Waals surface area contributed by atoms with Crippen LogP contribution in [0.15, 0.2) is 4.99 Å². The summed E-state index contributed by atoms with van der Waals surface area (Å²) in [7, 11) is 9.99. The van der Waals surface area contributed by atoms with Gasteiger partial charge in [0.15, 0.2) is 0 Å².